The standard InChI is InChI=1S/C15H20N2O4/c16-6-2-1-3-12-10-17(15(18)21-12)11-4-5-13-14(9-11)20-8-7-19-13/h4-5,9,12H,1-3,6-8,10,16H2. The molecule has 2 aliphatic rings. The number of unbranched alkanes of at least 4 members (excludes halogenated alkanes) is 1. The van der Waals surface area contributed by atoms with Crippen molar-refractivity contribution in [1.82, 2.24) is 0 Å². The molecule has 2 N–H and O–H groups in total. The molecule has 0 saturated carbocycles. The van der Waals surface area contributed by atoms with Gasteiger partial charge in [0.25, 0.3) is 0 Å². The number of benzene rings is 1. The lowest BCUT2D eigenvalue weighted by Crippen LogP contribution is -2.25. The number of nitrogens with two attached hydrogens (primary N) is 1. The highest BCUT2D eigenvalue weighted by Crippen LogP contribution is 2.35. The summed E-state index contributed by atoms with van der Waals surface area (Å²) in [6.07, 6.45) is 2.42. The zero-order chi connectivity index (χ0) is 14.7. The Morgan fingerprint density at radius 2 is 2.00 bits per heavy atom. The van der Waals surface area contributed by atoms with Crippen LogP contribution in [-0.4, -0.2) is 38.5 Å². The fourth-order valence-corrected chi connectivity index (χ4v) is 2.60. The molecular weight excluding hydrogens is 272 g/mol. The molecule has 2 heterocycles. The van der Waals surface area contributed by atoms with E-state index in [1.54, 1.807) is 4.90 Å². The summed E-state index contributed by atoms with van der Waals surface area (Å²) in [6.45, 7) is 2.33. The number of cyclic esters (lactones) is 1. The summed E-state index contributed by atoms with van der Waals surface area (Å²) in [5.74, 6) is 1.40. The van der Waals surface area contributed by atoms with Crippen LogP contribution in [0.4, 0.5) is 10.5 Å². The molecule has 0 aromatic heterocycles. The van der Waals surface area contributed by atoms with Crippen molar-refractivity contribution in [2.75, 3.05) is 31.2 Å². The number of hydrogen-bond donors (Lipinski definition) is 1. The highest BCUT2D eigenvalue weighted by molar-refractivity contribution is 5.90. The second-order valence-corrected chi connectivity index (χ2v) is 5.23. The maximum absolute atomic E-state index is 12.0. The van der Waals surface area contributed by atoms with E-state index in [-0.39, 0.29) is 12.2 Å². The van der Waals surface area contributed by atoms with Crippen LogP contribution < -0.4 is 20.1 Å². The normalized spacial score (nSPS) is 20.5. The van der Waals surface area contributed by atoms with Crippen molar-refractivity contribution >= 4 is 11.8 Å². The maximum atomic E-state index is 12.0. The van der Waals surface area contributed by atoms with Gasteiger partial charge in [0.1, 0.15) is 19.3 Å². The zero-order valence-corrected chi connectivity index (χ0v) is 11.9. The summed E-state index contributed by atoms with van der Waals surface area (Å²) >= 11 is 0. The minimum Gasteiger partial charge on any atom is -0.486 e. The third-order valence-corrected chi connectivity index (χ3v) is 3.69. The first kappa shape index (κ1) is 14.0. The van der Waals surface area contributed by atoms with Crippen LogP contribution in [0, 0.1) is 0 Å². The van der Waals surface area contributed by atoms with E-state index in [9.17, 15) is 4.79 Å². The molecular formula is C15H20N2O4. The summed E-state index contributed by atoms with van der Waals surface area (Å²) in [5, 5.41) is 0. The lowest BCUT2D eigenvalue weighted by Gasteiger charge is -2.21. The number of hydrogen-bond acceptors (Lipinski definition) is 5. The molecule has 0 radical (unpaired) electrons. The van der Waals surface area contributed by atoms with E-state index in [0.717, 1.165) is 30.7 Å². The maximum Gasteiger partial charge on any atom is 0.414 e. The van der Waals surface area contributed by atoms with E-state index in [4.69, 9.17) is 19.9 Å². The van der Waals surface area contributed by atoms with Gasteiger partial charge < -0.3 is 19.9 Å². The predicted molar refractivity (Wildman–Crippen MR) is 78.0 cm³/mol. The number of ether oxygens (including phenoxy) is 3. The fraction of sp³-hybridized carbons (Fsp3) is 0.533. The zero-order valence-electron chi connectivity index (χ0n) is 11.9. The Balaban J connectivity index is 1.67. The number of carbonyl (C=O) groups excluding carboxylic acids is 1. The largest absolute Gasteiger partial charge is 0.486 e. The highest BCUT2D eigenvalue weighted by Gasteiger charge is 2.32. The van der Waals surface area contributed by atoms with E-state index < -0.39 is 0 Å². The number of rotatable bonds is 5. The van der Waals surface area contributed by atoms with Crippen LogP contribution in [0.2, 0.25) is 0 Å². The molecule has 114 valence electrons. The number of amides is 1. The van der Waals surface area contributed by atoms with Crippen molar-refractivity contribution in [1.29, 1.82) is 0 Å². The fourth-order valence-electron chi connectivity index (χ4n) is 2.60. The van der Waals surface area contributed by atoms with Gasteiger partial charge >= 0.3 is 6.09 Å². The molecule has 1 unspecified atom stereocenters. The summed E-state index contributed by atoms with van der Waals surface area (Å²) in [7, 11) is 0. The molecule has 0 bridgehead atoms. The van der Waals surface area contributed by atoms with Gasteiger partial charge in [-0.3, -0.25) is 4.90 Å². The van der Waals surface area contributed by atoms with Crippen LogP contribution in [0.5, 0.6) is 11.5 Å². The smallest absolute Gasteiger partial charge is 0.414 e. The Bertz CT molecular complexity index is 520. The number of carbonyl (C=O) groups is 1. The van der Waals surface area contributed by atoms with Crippen molar-refractivity contribution in [3.63, 3.8) is 0 Å². The van der Waals surface area contributed by atoms with Gasteiger partial charge in [-0.05, 0) is 37.9 Å². The molecule has 6 nitrogen and oxygen atoms in total. The lowest BCUT2D eigenvalue weighted by molar-refractivity contribution is 0.135. The van der Waals surface area contributed by atoms with Gasteiger partial charge in [0.2, 0.25) is 0 Å². The topological polar surface area (TPSA) is 74.0 Å². The molecule has 0 spiro atoms. The molecule has 6 heteroatoms. The molecule has 1 fully saturated rings. The molecule has 0 aliphatic carbocycles. The van der Waals surface area contributed by atoms with E-state index in [2.05, 4.69) is 0 Å². The van der Waals surface area contributed by atoms with Crippen LogP contribution >= 0.6 is 0 Å². The molecule has 1 saturated heterocycles. The van der Waals surface area contributed by atoms with Crippen LogP contribution in [0.3, 0.4) is 0 Å². The molecule has 1 atom stereocenters. The Morgan fingerprint density at radius 3 is 2.81 bits per heavy atom. The van der Waals surface area contributed by atoms with Gasteiger partial charge in [0.15, 0.2) is 11.5 Å². The van der Waals surface area contributed by atoms with E-state index in [1.165, 1.54) is 0 Å². The van der Waals surface area contributed by atoms with E-state index in [1.807, 2.05) is 18.2 Å². The van der Waals surface area contributed by atoms with Crippen LogP contribution in [0.25, 0.3) is 0 Å². The number of fused-ring (bicyclic) bond motifs is 1. The van der Waals surface area contributed by atoms with Crippen molar-refractivity contribution < 1.29 is 19.0 Å². The summed E-state index contributed by atoms with van der Waals surface area (Å²) in [5.41, 5.74) is 6.26. The summed E-state index contributed by atoms with van der Waals surface area (Å²) in [4.78, 5) is 13.6. The van der Waals surface area contributed by atoms with Gasteiger partial charge in [-0.1, -0.05) is 0 Å². The molecule has 2 aliphatic heterocycles. The highest BCUT2D eigenvalue weighted by atomic mass is 16.6. The van der Waals surface area contributed by atoms with Gasteiger partial charge in [-0.15, -0.1) is 0 Å². The Kier molecular flexibility index (Phi) is 4.15. The average molecular weight is 292 g/mol. The number of anilines is 1. The van der Waals surface area contributed by atoms with Crippen LogP contribution in [-0.2, 0) is 4.74 Å². The Labute approximate surface area is 123 Å². The quantitative estimate of drug-likeness (QED) is 0.839. The van der Waals surface area contributed by atoms with Crippen molar-refractivity contribution in [2.24, 2.45) is 5.73 Å². The molecule has 1 aromatic rings. The molecule has 21 heavy (non-hydrogen) atoms. The third-order valence-electron chi connectivity index (χ3n) is 3.69. The molecule has 1 amide bonds. The SMILES string of the molecule is NCCCCC1CN(c2ccc3c(c2)OCCO3)C(=O)O1. The summed E-state index contributed by atoms with van der Waals surface area (Å²) in [6, 6.07) is 5.52. The first-order valence-corrected chi connectivity index (χ1v) is 7.36. The molecule has 3 rings (SSSR count). The second-order valence-electron chi connectivity index (χ2n) is 5.23. The van der Waals surface area contributed by atoms with Gasteiger partial charge in [0, 0.05) is 6.07 Å². The minimum absolute atomic E-state index is 0.0581. The van der Waals surface area contributed by atoms with Crippen LogP contribution in [0.1, 0.15) is 19.3 Å². The van der Waals surface area contributed by atoms with E-state index >= 15 is 0 Å². The van der Waals surface area contributed by atoms with Crippen molar-refractivity contribution in [3.05, 3.63) is 18.2 Å². The Morgan fingerprint density at radius 1 is 1.19 bits per heavy atom. The van der Waals surface area contributed by atoms with Crippen molar-refractivity contribution in [3.8, 4) is 11.5 Å². The first-order valence-electron chi connectivity index (χ1n) is 7.36. The summed E-state index contributed by atoms with van der Waals surface area (Å²) < 4.78 is 16.4. The van der Waals surface area contributed by atoms with E-state index in [0.29, 0.717) is 32.1 Å². The van der Waals surface area contributed by atoms with Gasteiger partial charge in [0.05, 0.1) is 12.2 Å². The lowest BCUT2D eigenvalue weighted by atomic mass is 10.1. The predicted octanol–water partition coefficient (Wildman–Crippen LogP) is 1.91. The van der Waals surface area contributed by atoms with Gasteiger partial charge in [-0.2, -0.15) is 0 Å². The number of nitrogens with zero attached hydrogens (tertiary/aromatic N) is 1. The van der Waals surface area contributed by atoms with Crippen LogP contribution in [0.15, 0.2) is 18.2 Å². The third kappa shape index (κ3) is 3.05. The first-order chi connectivity index (χ1) is 10.3. The van der Waals surface area contributed by atoms with Gasteiger partial charge in [-0.25, -0.2) is 4.79 Å². The monoisotopic (exact) mass is 292 g/mol. The second kappa shape index (κ2) is 6.22. The average Bonchev–Trinajstić information content (AvgIpc) is 2.88. The minimum atomic E-state index is -0.301. The molecule has 1 aromatic carbocycles. The van der Waals surface area contributed by atoms with Crippen molar-refractivity contribution in [2.45, 2.75) is 25.4 Å². The Hall–Kier alpha value is -1.95.